The van der Waals surface area contributed by atoms with Crippen molar-refractivity contribution in [1.29, 1.82) is 0 Å². The number of sulfonamides is 1. The van der Waals surface area contributed by atoms with Gasteiger partial charge in [0.15, 0.2) is 16.1 Å². The number of nitrogens with zero attached hydrogens (tertiary/aromatic N) is 5. The largest absolute Gasteiger partial charge is 0.305 e. The van der Waals surface area contributed by atoms with Gasteiger partial charge in [0.2, 0.25) is 15.9 Å². The Morgan fingerprint density at radius 2 is 2.03 bits per heavy atom. The average Bonchev–Trinajstić information content (AvgIpc) is 3.35. The Balaban J connectivity index is 1.79. The molecule has 0 aliphatic heterocycles. The van der Waals surface area contributed by atoms with Crippen LogP contribution in [-0.2, 0) is 27.9 Å². The van der Waals surface area contributed by atoms with Crippen LogP contribution < -0.4 is 9.62 Å². The number of hydrogen-bond donors (Lipinski definition) is 1. The zero-order valence-electron chi connectivity index (χ0n) is 17.0. The lowest BCUT2D eigenvalue weighted by molar-refractivity contribution is -0.115. The van der Waals surface area contributed by atoms with Gasteiger partial charge in [-0.1, -0.05) is 11.8 Å². The summed E-state index contributed by atoms with van der Waals surface area (Å²) in [6.45, 7) is 4.02. The molecule has 0 saturated heterocycles. The molecule has 0 aliphatic rings. The zero-order valence-corrected chi connectivity index (χ0v) is 19.5. The zero-order chi connectivity index (χ0) is 22.6. The molecule has 2 aromatic heterocycles. The predicted molar refractivity (Wildman–Crippen MR) is 119 cm³/mol. The number of aromatic nitrogens is 4. The molecule has 0 fully saturated rings. The molecule has 1 N–H and O–H groups in total. The van der Waals surface area contributed by atoms with E-state index >= 15 is 0 Å². The van der Waals surface area contributed by atoms with Gasteiger partial charge < -0.3 is 9.88 Å². The number of hydrogen-bond acceptors (Lipinski definition) is 8. The number of thiazole rings is 1. The van der Waals surface area contributed by atoms with Gasteiger partial charge >= 0.3 is 0 Å². The van der Waals surface area contributed by atoms with E-state index in [0.29, 0.717) is 28.3 Å². The summed E-state index contributed by atoms with van der Waals surface area (Å²) in [6.07, 6.45) is 2.68. The monoisotopic (exact) mass is 484 g/mol. The van der Waals surface area contributed by atoms with Crippen LogP contribution in [0, 0.1) is 5.82 Å². The molecular formula is C18H21FN6O3S3. The molecular weight excluding hydrogens is 463 g/mol. The quantitative estimate of drug-likeness (QED) is 0.465. The highest BCUT2D eigenvalue weighted by Gasteiger charge is 2.24. The molecule has 0 unspecified atom stereocenters. The average molecular weight is 485 g/mol. The third-order valence-corrected chi connectivity index (χ3v) is 7.13. The second-order valence-electron chi connectivity index (χ2n) is 6.48. The molecule has 0 bridgehead atoms. The number of thioether (sulfide) groups is 1. The van der Waals surface area contributed by atoms with E-state index in [4.69, 9.17) is 0 Å². The van der Waals surface area contributed by atoms with Crippen molar-refractivity contribution in [1.82, 2.24) is 19.7 Å². The summed E-state index contributed by atoms with van der Waals surface area (Å²) in [6, 6.07) is 5.18. The summed E-state index contributed by atoms with van der Waals surface area (Å²) in [4.78, 5) is 16.4. The Bertz CT molecular complexity index is 1130. The molecule has 1 atom stereocenters. The molecule has 0 saturated carbocycles. The second-order valence-corrected chi connectivity index (χ2v) is 10.6. The van der Waals surface area contributed by atoms with Crippen LogP contribution in [-0.4, -0.2) is 45.6 Å². The van der Waals surface area contributed by atoms with Crippen molar-refractivity contribution in [2.24, 2.45) is 0 Å². The van der Waals surface area contributed by atoms with Crippen LogP contribution in [0.25, 0.3) is 0 Å². The fourth-order valence-electron chi connectivity index (χ4n) is 2.68. The summed E-state index contributed by atoms with van der Waals surface area (Å²) < 4.78 is 40.9. The summed E-state index contributed by atoms with van der Waals surface area (Å²) in [5.41, 5.74) is 0.319. The minimum absolute atomic E-state index is 0.0778. The normalized spacial score (nSPS) is 12.5. The molecule has 3 rings (SSSR count). The number of halogens is 1. The van der Waals surface area contributed by atoms with Crippen molar-refractivity contribution >= 4 is 49.8 Å². The highest BCUT2D eigenvalue weighted by atomic mass is 32.2. The summed E-state index contributed by atoms with van der Waals surface area (Å²) in [5.74, 6) is -0.277. The van der Waals surface area contributed by atoms with E-state index in [1.807, 2.05) is 6.92 Å². The smallest absolute Gasteiger partial charge is 0.239 e. The van der Waals surface area contributed by atoms with Gasteiger partial charge in [-0.3, -0.25) is 9.10 Å². The first-order valence-electron chi connectivity index (χ1n) is 9.21. The Morgan fingerprint density at radius 1 is 1.32 bits per heavy atom. The molecule has 0 radical (unpaired) electrons. The van der Waals surface area contributed by atoms with E-state index in [1.165, 1.54) is 47.4 Å². The van der Waals surface area contributed by atoms with Crippen molar-refractivity contribution in [2.75, 3.05) is 15.9 Å². The van der Waals surface area contributed by atoms with Crippen LogP contribution in [0.3, 0.4) is 0 Å². The Morgan fingerprint density at radius 3 is 2.61 bits per heavy atom. The number of nitrogens with one attached hydrogen (secondary N) is 1. The van der Waals surface area contributed by atoms with E-state index < -0.39 is 21.1 Å². The van der Waals surface area contributed by atoms with Crippen LogP contribution in [0.1, 0.15) is 19.7 Å². The van der Waals surface area contributed by atoms with Gasteiger partial charge in [0.25, 0.3) is 0 Å². The minimum atomic E-state index is -3.66. The third kappa shape index (κ3) is 5.80. The Labute approximate surface area is 187 Å². The molecule has 13 heteroatoms. The number of rotatable bonds is 9. The van der Waals surface area contributed by atoms with Crippen LogP contribution in [0.5, 0.6) is 0 Å². The standard InChI is InChI=1S/C18H21FN6O3S3/c1-4-24-15(11-25(31(3,27)28)14-7-5-13(19)6-8-14)22-23-18(24)30-12(2)16(26)21-17-20-9-10-29-17/h5-10,12H,4,11H2,1-3H3,(H,20,21,26)/t12-/m1/s1. The van der Waals surface area contributed by atoms with Crippen LogP contribution in [0.2, 0.25) is 0 Å². The Hall–Kier alpha value is -2.51. The number of anilines is 2. The van der Waals surface area contributed by atoms with Gasteiger partial charge in [-0.15, -0.1) is 21.5 Å². The highest BCUT2D eigenvalue weighted by molar-refractivity contribution is 8.00. The van der Waals surface area contributed by atoms with Gasteiger partial charge in [-0.25, -0.2) is 17.8 Å². The number of benzene rings is 1. The van der Waals surface area contributed by atoms with Crippen LogP contribution in [0.15, 0.2) is 41.0 Å². The Kier molecular flexibility index (Phi) is 7.28. The van der Waals surface area contributed by atoms with Crippen molar-refractivity contribution < 1.29 is 17.6 Å². The number of amides is 1. The number of carbonyl (C=O) groups is 1. The van der Waals surface area contributed by atoms with E-state index in [-0.39, 0.29) is 12.5 Å². The first-order valence-corrected chi connectivity index (χ1v) is 12.8. The van der Waals surface area contributed by atoms with Crippen molar-refractivity contribution in [3.8, 4) is 0 Å². The topological polar surface area (TPSA) is 110 Å². The van der Waals surface area contributed by atoms with Gasteiger partial charge in [-0.05, 0) is 38.1 Å². The number of carbonyl (C=O) groups excluding carboxylic acids is 1. The first-order chi connectivity index (χ1) is 14.7. The molecule has 0 aliphatic carbocycles. The maximum atomic E-state index is 13.3. The predicted octanol–water partition coefficient (Wildman–Crippen LogP) is 2.98. The van der Waals surface area contributed by atoms with E-state index in [0.717, 1.165) is 10.6 Å². The minimum Gasteiger partial charge on any atom is -0.305 e. The van der Waals surface area contributed by atoms with Crippen LogP contribution in [0.4, 0.5) is 15.2 Å². The van der Waals surface area contributed by atoms with Gasteiger partial charge in [-0.2, -0.15) is 0 Å². The molecule has 3 aromatic rings. The van der Waals surface area contributed by atoms with Crippen molar-refractivity contribution in [3.63, 3.8) is 0 Å². The molecule has 166 valence electrons. The lowest BCUT2D eigenvalue weighted by Gasteiger charge is -2.22. The lowest BCUT2D eigenvalue weighted by Crippen LogP contribution is -2.30. The SMILES string of the molecule is CCn1c(CN(c2ccc(F)cc2)S(C)(=O)=O)nnc1S[C@H](C)C(=O)Nc1nccs1. The van der Waals surface area contributed by atoms with Gasteiger partial charge in [0.1, 0.15) is 5.82 Å². The molecule has 1 aromatic carbocycles. The molecule has 2 heterocycles. The summed E-state index contributed by atoms with van der Waals surface area (Å²) >= 11 is 2.54. The van der Waals surface area contributed by atoms with E-state index in [9.17, 15) is 17.6 Å². The van der Waals surface area contributed by atoms with Gasteiger partial charge in [0.05, 0.1) is 23.7 Å². The highest BCUT2D eigenvalue weighted by Crippen LogP contribution is 2.26. The summed E-state index contributed by atoms with van der Waals surface area (Å²) in [5, 5.41) is 13.3. The maximum absolute atomic E-state index is 13.3. The first kappa shape index (κ1) is 23.2. The fraction of sp³-hybridized carbons (Fsp3) is 0.333. The van der Waals surface area contributed by atoms with Crippen molar-refractivity contribution in [3.05, 3.63) is 47.5 Å². The fourth-order valence-corrected chi connectivity index (χ4v) is 5.00. The molecule has 9 nitrogen and oxygen atoms in total. The van der Waals surface area contributed by atoms with E-state index in [1.54, 1.807) is 23.1 Å². The van der Waals surface area contributed by atoms with Crippen LogP contribution >= 0.6 is 23.1 Å². The molecule has 31 heavy (non-hydrogen) atoms. The molecule has 0 spiro atoms. The van der Waals surface area contributed by atoms with Crippen molar-refractivity contribution in [2.45, 2.75) is 37.3 Å². The van der Waals surface area contributed by atoms with Gasteiger partial charge in [0, 0.05) is 18.1 Å². The molecule has 1 amide bonds. The second kappa shape index (κ2) is 9.75. The maximum Gasteiger partial charge on any atom is 0.239 e. The summed E-state index contributed by atoms with van der Waals surface area (Å²) in [7, 11) is -3.66. The van der Waals surface area contributed by atoms with E-state index in [2.05, 4.69) is 20.5 Å². The third-order valence-electron chi connectivity index (χ3n) is 4.22. The lowest BCUT2D eigenvalue weighted by atomic mass is 10.3.